The fourth-order valence-corrected chi connectivity index (χ4v) is 2.49. The summed E-state index contributed by atoms with van der Waals surface area (Å²) in [5.41, 5.74) is 1.03. The molecule has 0 fully saturated rings. The van der Waals surface area contributed by atoms with Crippen molar-refractivity contribution in [2.24, 2.45) is 5.92 Å². The highest BCUT2D eigenvalue weighted by atomic mass is 35.5. The van der Waals surface area contributed by atoms with E-state index >= 15 is 0 Å². The lowest BCUT2D eigenvalue weighted by atomic mass is 9.99. The van der Waals surface area contributed by atoms with E-state index in [2.05, 4.69) is 14.8 Å². The average Bonchev–Trinajstić information content (AvgIpc) is 2.82. The van der Waals surface area contributed by atoms with Gasteiger partial charge in [0.05, 0.1) is 0 Å². The Hall–Kier alpha value is -1.39. The van der Waals surface area contributed by atoms with E-state index < -0.39 is 0 Å². The third-order valence-corrected chi connectivity index (χ3v) is 3.67. The number of aliphatic hydroxyl groups is 1. The van der Waals surface area contributed by atoms with E-state index in [0.717, 1.165) is 41.6 Å². The molecule has 1 aliphatic rings. The molecule has 4 nitrogen and oxygen atoms in total. The average molecular weight is 264 g/mol. The van der Waals surface area contributed by atoms with Gasteiger partial charge in [0, 0.05) is 30.2 Å². The number of aliphatic hydroxyl groups excluding tert-OH is 1. The van der Waals surface area contributed by atoms with Crippen LogP contribution >= 0.6 is 11.6 Å². The Bertz CT molecular complexity index is 550. The lowest BCUT2D eigenvalue weighted by Crippen LogP contribution is -2.22. The van der Waals surface area contributed by atoms with Gasteiger partial charge >= 0.3 is 0 Å². The molecule has 0 spiro atoms. The molecule has 1 atom stereocenters. The van der Waals surface area contributed by atoms with Gasteiger partial charge in [0.15, 0.2) is 5.82 Å². The Morgan fingerprint density at radius 1 is 1.28 bits per heavy atom. The topological polar surface area (TPSA) is 50.9 Å². The summed E-state index contributed by atoms with van der Waals surface area (Å²) >= 11 is 5.88. The summed E-state index contributed by atoms with van der Waals surface area (Å²) < 4.78 is 2.13. The first-order valence-corrected chi connectivity index (χ1v) is 6.44. The van der Waals surface area contributed by atoms with Gasteiger partial charge in [-0.3, -0.25) is 0 Å². The SMILES string of the molecule is OCC1CCn2c(nnc2-c2ccc(Cl)cc2)C1. The highest BCUT2D eigenvalue weighted by Gasteiger charge is 2.22. The summed E-state index contributed by atoms with van der Waals surface area (Å²) in [5, 5.41) is 18.4. The highest BCUT2D eigenvalue weighted by Crippen LogP contribution is 2.26. The molecule has 0 radical (unpaired) electrons. The van der Waals surface area contributed by atoms with E-state index in [-0.39, 0.29) is 6.61 Å². The first kappa shape index (κ1) is 11.7. The molecule has 0 aliphatic carbocycles. The molecule has 0 saturated carbocycles. The van der Waals surface area contributed by atoms with Gasteiger partial charge in [-0.2, -0.15) is 0 Å². The van der Waals surface area contributed by atoms with Crippen molar-refractivity contribution in [2.45, 2.75) is 19.4 Å². The van der Waals surface area contributed by atoms with E-state index in [0.29, 0.717) is 5.92 Å². The van der Waals surface area contributed by atoms with Crippen molar-refractivity contribution >= 4 is 11.6 Å². The molecule has 1 aromatic heterocycles. The van der Waals surface area contributed by atoms with Gasteiger partial charge in [0.1, 0.15) is 5.82 Å². The van der Waals surface area contributed by atoms with Crippen LogP contribution in [0.3, 0.4) is 0 Å². The maximum absolute atomic E-state index is 9.20. The van der Waals surface area contributed by atoms with Gasteiger partial charge in [-0.05, 0) is 36.6 Å². The molecular formula is C13H14ClN3O. The fourth-order valence-electron chi connectivity index (χ4n) is 2.36. The standard InChI is InChI=1S/C13H14ClN3O/c14-11-3-1-10(2-4-11)13-16-15-12-7-9(8-18)5-6-17(12)13/h1-4,9,18H,5-8H2. The van der Waals surface area contributed by atoms with Crippen molar-refractivity contribution < 1.29 is 5.11 Å². The Morgan fingerprint density at radius 2 is 2.06 bits per heavy atom. The Morgan fingerprint density at radius 3 is 2.78 bits per heavy atom. The minimum atomic E-state index is 0.225. The van der Waals surface area contributed by atoms with E-state index in [1.165, 1.54) is 0 Å². The number of hydrogen-bond acceptors (Lipinski definition) is 3. The molecule has 0 amide bonds. The summed E-state index contributed by atoms with van der Waals surface area (Å²) in [4.78, 5) is 0. The zero-order valence-corrected chi connectivity index (χ0v) is 10.6. The maximum atomic E-state index is 9.20. The minimum absolute atomic E-state index is 0.225. The van der Waals surface area contributed by atoms with Crippen LogP contribution in [0.4, 0.5) is 0 Å². The van der Waals surface area contributed by atoms with E-state index in [1.807, 2.05) is 24.3 Å². The molecule has 5 heteroatoms. The number of aromatic nitrogens is 3. The minimum Gasteiger partial charge on any atom is -0.396 e. The van der Waals surface area contributed by atoms with E-state index in [4.69, 9.17) is 11.6 Å². The van der Waals surface area contributed by atoms with Crippen LogP contribution in [-0.4, -0.2) is 26.5 Å². The van der Waals surface area contributed by atoms with Crippen LogP contribution in [0, 0.1) is 5.92 Å². The number of rotatable bonds is 2. The quantitative estimate of drug-likeness (QED) is 0.903. The second-order valence-electron chi connectivity index (χ2n) is 4.64. The molecule has 1 unspecified atom stereocenters. The number of fused-ring (bicyclic) bond motifs is 1. The molecule has 2 heterocycles. The van der Waals surface area contributed by atoms with Crippen molar-refractivity contribution in [3.05, 3.63) is 35.1 Å². The molecule has 94 valence electrons. The predicted octanol–water partition coefficient (Wildman–Crippen LogP) is 2.15. The number of benzene rings is 1. The number of halogens is 1. The van der Waals surface area contributed by atoms with Crippen LogP contribution in [0.2, 0.25) is 5.02 Å². The molecule has 1 aliphatic heterocycles. The first-order chi connectivity index (χ1) is 8.78. The van der Waals surface area contributed by atoms with Crippen molar-refractivity contribution in [1.82, 2.24) is 14.8 Å². The molecule has 0 saturated heterocycles. The largest absolute Gasteiger partial charge is 0.396 e. The summed E-state index contributed by atoms with van der Waals surface area (Å²) in [6.07, 6.45) is 1.78. The van der Waals surface area contributed by atoms with Gasteiger partial charge in [-0.15, -0.1) is 10.2 Å². The summed E-state index contributed by atoms with van der Waals surface area (Å²) in [6, 6.07) is 7.63. The molecule has 1 N–H and O–H groups in total. The number of nitrogens with zero attached hydrogens (tertiary/aromatic N) is 3. The molecule has 2 aromatic rings. The molecular weight excluding hydrogens is 250 g/mol. The van der Waals surface area contributed by atoms with Crippen molar-refractivity contribution in [2.75, 3.05) is 6.61 Å². The molecule has 18 heavy (non-hydrogen) atoms. The highest BCUT2D eigenvalue weighted by molar-refractivity contribution is 6.30. The van der Waals surface area contributed by atoms with Gasteiger partial charge in [0.2, 0.25) is 0 Å². The van der Waals surface area contributed by atoms with Crippen LogP contribution in [0.1, 0.15) is 12.2 Å². The normalized spacial score (nSPS) is 18.7. The molecule has 1 aromatic carbocycles. The molecule has 3 rings (SSSR count). The van der Waals surface area contributed by atoms with E-state index in [9.17, 15) is 5.11 Å². The van der Waals surface area contributed by atoms with Crippen LogP contribution < -0.4 is 0 Å². The van der Waals surface area contributed by atoms with Crippen molar-refractivity contribution in [3.8, 4) is 11.4 Å². The van der Waals surface area contributed by atoms with Gasteiger partial charge in [0.25, 0.3) is 0 Å². The number of hydrogen-bond donors (Lipinski definition) is 1. The zero-order valence-electron chi connectivity index (χ0n) is 9.88. The summed E-state index contributed by atoms with van der Waals surface area (Å²) in [6.45, 7) is 1.09. The molecule has 0 bridgehead atoms. The monoisotopic (exact) mass is 263 g/mol. The second kappa shape index (κ2) is 4.71. The van der Waals surface area contributed by atoms with Crippen LogP contribution in [-0.2, 0) is 13.0 Å². The Balaban J connectivity index is 1.96. The summed E-state index contributed by atoms with van der Waals surface area (Å²) in [5.74, 6) is 2.17. The van der Waals surface area contributed by atoms with Crippen molar-refractivity contribution in [3.63, 3.8) is 0 Å². The lowest BCUT2D eigenvalue weighted by Gasteiger charge is -2.21. The van der Waals surface area contributed by atoms with Gasteiger partial charge in [-0.25, -0.2) is 0 Å². The van der Waals surface area contributed by atoms with E-state index in [1.54, 1.807) is 0 Å². The van der Waals surface area contributed by atoms with Crippen LogP contribution in [0.5, 0.6) is 0 Å². The smallest absolute Gasteiger partial charge is 0.163 e. The van der Waals surface area contributed by atoms with Gasteiger partial charge in [-0.1, -0.05) is 11.6 Å². The third-order valence-electron chi connectivity index (χ3n) is 3.42. The van der Waals surface area contributed by atoms with Gasteiger partial charge < -0.3 is 9.67 Å². The third kappa shape index (κ3) is 2.02. The Kier molecular flexibility index (Phi) is 3.06. The fraction of sp³-hybridized carbons (Fsp3) is 0.385. The maximum Gasteiger partial charge on any atom is 0.163 e. The summed E-state index contributed by atoms with van der Waals surface area (Å²) in [7, 11) is 0. The lowest BCUT2D eigenvalue weighted by molar-refractivity contribution is 0.199. The van der Waals surface area contributed by atoms with Crippen molar-refractivity contribution in [1.29, 1.82) is 0 Å². The first-order valence-electron chi connectivity index (χ1n) is 6.07. The second-order valence-corrected chi connectivity index (χ2v) is 5.08. The zero-order chi connectivity index (χ0) is 12.5. The predicted molar refractivity (Wildman–Crippen MR) is 69.4 cm³/mol. The van der Waals surface area contributed by atoms with Crippen LogP contribution in [0.25, 0.3) is 11.4 Å². The van der Waals surface area contributed by atoms with Crippen LogP contribution in [0.15, 0.2) is 24.3 Å². The Labute approximate surface area is 110 Å².